The third kappa shape index (κ3) is 3.06. The Balaban J connectivity index is 3.35. The molecule has 0 amide bonds. The highest BCUT2D eigenvalue weighted by molar-refractivity contribution is 7.99. The van der Waals surface area contributed by atoms with Crippen LogP contribution >= 0.6 is 25.3 Å². The van der Waals surface area contributed by atoms with Crippen molar-refractivity contribution >= 4 is 25.3 Å². The van der Waals surface area contributed by atoms with Gasteiger partial charge in [0.15, 0.2) is 0 Å². The molecule has 0 heterocycles. The minimum absolute atomic E-state index is 0.0602. The van der Waals surface area contributed by atoms with Crippen LogP contribution in [0.25, 0.3) is 0 Å². The normalized spacial score (nSPS) is 9.71. The number of thiol groups is 2. The van der Waals surface area contributed by atoms with Crippen LogP contribution in [0.4, 0.5) is 0 Å². The van der Waals surface area contributed by atoms with Crippen LogP contribution in [-0.2, 0) is 0 Å². The van der Waals surface area contributed by atoms with Crippen LogP contribution in [0.3, 0.4) is 0 Å². The summed E-state index contributed by atoms with van der Waals surface area (Å²) >= 11 is 8.08. The Morgan fingerprint density at radius 3 is 2.14 bits per heavy atom. The molecule has 0 N–H and O–H groups in total. The third-order valence-corrected chi connectivity index (χ3v) is 1.55. The summed E-state index contributed by atoms with van der Waals surface area (Å²) in [4.78, 5) is 0. The first-order valence-electron chi connectivity index (χ1n) is 2.22. The van der Waals surface area contributed by atoms with E-state index in [0.717, 1.165) is 12.0 Å². The molecule has 0 aromatic rings. The summed E-state index contributed by atoms with van der Waals surface area (Å²) in [6.07, 6.45) is 0.970. The van der Waals surface area contributed by atoms with Gasteiger partial charge in [0.25, 0.3) is 0 Å². The predicted octanol–water partition coefficient (Wildman–Crippen LogP) is 2.14. The first-order chi connectivity index (χ1) is 3.18. The third-order valence-electron chi connectivity index (χ3n) is 0.819. The summed E-state index contributed by atoms with van der Waals surface area (Å²) in [6, 6.07) is 0. The van der Waals surface area contributed by atoms with E-state index in [2.05, 4.69) is 31.8 Å². The van der Waals surface area contributed by atoms with E-state index in [1.807, 2.05) is 6.92 Å². The molecule has 0 saturated carbocycles. The second kappa shape index (κ2) is 3.44. The van der Waals surface area contributed by atoms with Crippen LogP contribution in [0.15, 0.2) is 12.2 Å². The molecular weight excluding hydrogens is 124 g/mol. The minimum Gasteiger partial charge on any atom is -0.161 e. The molecular formula is C5H10S2. The quantitative estimate of drug-likeness (QED) is 0.323. The lowest BCUT2D eigenvalue weighted by atomic mass is 10.3. The van der Waals surface area contributed by atoms with Gasteiger partial charge < -0.3 is 0 Å². The van der Waals surface area contributed by atoms with Gasteiger partial charge in [0.05, 0.1) is 4.58 Å². The Kier molecular flexibility index (Phi) is 3.66. The molecule has 2 heteroatoms. The fraction of sp³-hybridized carbons (Fsp3) is 0.600. The SMILES string of the molecule is C=C(CC)C(S)S. The molecule has 0 aliphatic rings. The van der Waals surface area contributed by atoms with Gasteiger partial charge in [-0.3, -0.25) is 0 Å². The average Bonchev–Trinajstić information content (AvgIpc) is 1.65. The van der Waals surface area contributed by atoms with Crippen molar-refractivity contribution in [1.82, 2.24) is 0 Å². The summed E-state index contributed by atoms with van der Waals surface area (Å²) in [5.41, 5.74) is 1.08. The van der Waals surface area contributed by atoms with Crippen LogP contribution in [-0.4, -0.2) is 4.58 Å². The summed E-state index contributed by atoms with van der Waals surface area (Å²) in [7, 11) is 0. The van der Waals surface area contributed by atoms with Gasteiger partial charge in [0.1, 0.15) is 0 Å². The molecule has 0 spiro atoms. The Hall–Kier alpha value is 0.440. The van der Waals surface area contributed by atoms with E-state index in [9.17, 15) is 0 Å². The molecule has 0 nitrogen and oxygen atoms in total. The Morgan fingerprint density at radius 2 is 2.14 bits per heavy atom. The molecule has 7 heavy (non-hydrogen) atoms. The minimum atomic E-state index is 0.0602. The van der Waals surface area contributed by atoms with Gasteiger partial charge in [-0.1, -0.05) is 19.1 Å². The van der Waals surface area contributed by atoms with E-state index >= 15 is 0 Å². The smallest absolute Gasteiger partial charge is 0.0649 e. The van der Waals surface area contributed by atoms with E-state index < -0.39 is 0 Å². The van der Waals surface area contributed by atoms with Crippen molar-refractivity contribution in [1.29, 1.82) is 0 Å². The first kappa shape index (κ1) is 7.44. The molecule has 0 saturated heterocycles. The zero-order valence-electron chi connectivity index (χ0n) is 4.39. The maximum Gasteiger partial charge on any atom is 0.0649 e. The lowest BCUT2D eigenvalue weighted by molar-refractivity contribution is 1.10. The van der Waals surface area contributed by atoms with Crippen LogP contribution in [0.1, 0.15) is 13.3 Å². The van der Waals surface area contributed by atoms with Crippen molar-refractivity contribution in [3.63, 3.8) is 0 Å². The van der Waals surface area contributed by atoms with Crippen molar-refractivity contribution in [3.8, 4) is 0 Å². The summed E-state index contributed by atoms with van der Waals surface area (Å²) < 4.78 is 0.0602. The van der Waals surface area contributed by atoms with Crippen molar-refractivity contribution in [3.05, 3.63) is 12.2 Å². The second-order valence-electron chi connectivity index (χ2n) is 1.39. The second-order valence-corrected chi connectivity index (χ2v) is 2.83. The molecule has 0 unspecified atom stereocenters. The van der Waals surface area contributed by atoms with Crippen molar-refractivity contribution < 1.29 is 0 Å². The standard InChI is InChI=1S/C5H10S2/c1-3-4(2)5(6)7/h5-7H,2-3H2,1H3. The number of hydrogen-bond acceptors (Lipinski definition) is 2. The van der Waals surface area contributed by atoms with E-state index in [1.165, 1.54) is 0 Å². The van der Waals surface area contributed by atoms with Gasteiger partial charge in [0, 0.05) is 0 Å². The highest BCUT2D eigenvalue weighted by Crippen LogP contribution is 2.12. The molecule has 0 bridgehead atoms. The highest BCUT2D eigenvalue weighted by Gasteiger charge is 1.95. The summed E-state index contributed by atoms with van der Waals surface area (Å²) in [5, 5.41) is 0. The van der Waals surface area contributed by atoms with Crippen molar-refractivity contribution in [2.45, 2.75) is 17.9 Å². The highest BCUT2D eigenvalue weighted by atomic mass is 32.2. The topological polar surface area (TPSA) is 0 Å². The van der Waals surface area contributed by atoms with E-state index in [-0.39, 0.29) is 4.58 Å². The fourth-order valence-corrected chi connectivity index (χ4v) is 0.548. The van der Waals surface area contributed by atoms with Gasteiger partial charge in [-0.05, 0) is 6.42 Å². The van der Waals surface area contributed by atoms with Gasteiger partial charge in [-0.15, -0.1) is 0 Å². The zero-order valence-corrected chi connectivity index (χ0v) is 6.17. The lowest BCUT2D eigenvalue weighted by Gasteiger charge is -2.01. The van der Waals surface area contributed by atoms with E-state index in [0.29, 0.717) is 0 Å². The van der Waals surface area contributed by atoms with E-state index in [4.69, 9.17) is 0 Å². The largest absolute Gasteiger partial charge is 0.161 e. The molecule has 42 valence electrons. The fourth-order valence-electron chi connectivity index (χ4n) is 0.183. The lowest BCUT2D eigenvalue weighted by Crippen LogP contribution is -1.88. The van der Waals surface area contributed by atoms with Gasteiger partial charge >= 0.3 is 0 Å². The maximum absolute atomic E-state index is 4.04. The molecule has 0 aliphatic carbocycles. The van der Waals surface area contributed by atoms with E-state index in [1.54, 1.807) is 0 Å². The summed E-state index contributed by atoms with van der Waals surface area (Å²) in [6.45, 7) is 5.76. The van der Waals surface area contributed by atoms with Crippen molar-refractivity contribution in [2.24, 2.45) is 0 Å². The van der Waals surface area contributed by atoms with Gasteiger partial charge in [-0.25, -0.2) is 0 Å². The molecule has 0 aliphatic heterocycles. The Bertz CT molecular complexity index is 66.5. The monoisotopic (exact) mass is 134 g/mol. The average molecular weight is 134 g/mol. The molecule has 0 atom stereocenters. The van der Waals surface area contributed by atoms with Crippen LogP contribution in [0, 0.1) is 0 Å². The Labute approximate surface area is 55.8 Å². The Morgan fingerprint density at radius 1 is 1.71 bits per heavy atom. The van der Waals surface area contributed by atoms with Crippen LogP contribution in [0.5, 0.6) is 0 Å². The number of hydrogen-bond donors (Lipinski definition) is 2. The van der Waals surface area contributed by atoms with Crippen LogP contribution < -0.4 is 0 Å². The molecule has 0 rings (SSSR count). The van der Waals surface area contributed by atoms with Gasteiger partial charge in [0.2, 0.25) is 0 Å². The van der Waals surface area contributed by atoms with Crippen molar-refractivity contribution in [2.75, 3.05) is 0 Å². The predicted molar refractivity (Wildman–Crippen MR) is 41.2 cm³/mol. The molecule has 0 fully saturated rings. The summed E-state index contributed by atoms with van der Waals surface area (Å²) in [5.74, 6) is 0. The maximum atomic E-state index is 4.04. The van der Waals surface area contributed by atoms with Crippen LogP contribution in [0.2, 0.25) is 0 Å². The van der Waals surface area contributed by atoms with Gasteiger partial charge in [-0.2, -0.15) is 25.3 Å². The molecule has 0 aromatic heterocycles. The first-order valence-corrected chi connectivity index (χ1v) is 3.25. The molecule has 0 aromatic carbocycles. The molecule has 0 radical (unpaired) electrons. The number of rotatable bonds is 2. The zero-order chi connectivity index (χ0) is 5.86.